The average molecular weight is 253 g/mol. The summed E-state index contributed by atoms with van der Waals surface area (Å²) < 4.78 is 13.6. The summed E-state index contributed by atoms with van der Waals surface area (Å²) in [5.41, 5.74) is 1.63. The number of halogens is 1. The van der Waals surface area contributed by atoms with Gasteiger partial charge in [0.25, 0.3) is 0 Å². The normalized spacial score (nSPS) is 11.2. The summed E-state index contributed by atoms with van der Waals surface area (Å²) in [6.07, 6.45) is 0.0750. The van der Waals surface area contributed by atoms with Crippen molar-refractivity contribution in [3.8, 4) is 0 Å². The first kappa shape index (κ1) is 14.6. The number of aryl methyl sites for hydroxylation is 1. The lowest BCUT2D eigenvalue weighted by Crippen LogP contribution is -2.32. The summed E-state index contributed by atoms with van der Waals surface area (Å²) in [5, 5.41) is 8.71. The molecular formula is C14H20FNO2. The van der Waals surface area contributed by atoms with Crippen molar-refractivity contribution in [2.24, 2.45) is 0 Å². The number of carboxylic acids is 1. The van der Waals surface area contributed by atoms with Gasteiger partial charge in [0.15, 0.2) is 0 Å². The molecule has 1 N–H and O–H groups in total. The lowest BCUT2D eigenvalue weighted by molar-refractivity contribution is -0.137. The minimum Gasteiger partial charge on any atom is -0.481 e. The predicted octanol–water partition coefficient (Wildman–Crippen LogP) is 2.82. The number of carboxylic acid groups (broad SMARTS) is 1. The van der Waals surface area contributed by atoms with Crippen molar-refractivity contribution >= 4 is 5.97 Å². The number of rotatable bonds is 6. The van der Waals surface area contributed by atoms with Crippen LogP contribution >= 0.6 is 0 Å². The van der Waals surface area contributed by atoms with Crippen molar-refractivity contribution in [2.45, 2.75) is 39.8 Å². The molecule has 0 aromatic heterocycles. The van der Waals surface area contributed by atoms with Gasteiger partial charge in [0.05, 0.1) is 6.42 Å². The Morgan fingerprint density at radius 3 is 2.67 bits per heavy atom. The highest BCUT2D eigenvalue weighted by atomic mass is 19.1. The highest BCUT2D eigenvalue weighted by Gasteiger charge is 2.14. The Kier molecular flexibility index (Phi) is 5.28. The zero-order chi connectivity index (χ0) is 13.7. The second-order valence-electron chi connectivity index (χ2n) is 4.80. The standard InChI is InChI=1S/C14H20FNO2/c1-10(2)16(7-6-14(17)18)9-12-8-11(3)4-5-13(12)15/h4-5,8,10H,6-7,9H2,1-3H3,(H,17,18). The summed E-state index contributed by atoms with van der Waals surface area (Å²) in [7, 11) is 0. The lowest BCUT2D eigenvalue weighted by atomic mass is 10.1. The molecule has 0 aliphatic carbocycles. The molecule has 0 aliphatic heterocycles. The van der Waals surface area contributed by atoms with Gasteiger partial charge in [-0.1, -0.05) is 17.7 Å². The summed E-state index contributed by atoms with van der Waals surface area (Å²) in [6, 6.07) is 5.19. The monoisotopic (exact) mass is 253 g/mol. The molecule has 0 radical (unpaired) electrons. The molecule has 0 unspecified atom stereocenters. The second kappa shape index (κ2) is 6.50. The molecule has 1 aromatic carbocycles. The van der Waals surface area contributed by atoms with E-state index in [4.69, 9.17) is 5.11 Å². The molecule has 4 heteroatoms. The molecule has 0 fully saturated rings. The first-order valence-corrected chi connectivity index (χ1v) is 6.11. The van der Waals surface area contributed by atoms with Gasteiger partial charge in [-0.2, -0.15) is 0 Å². The molecule has 0 spiro atoms. The van der Waals surface area contributed by atoms with E-state index in [-0.39, 0.29) is 18.3 Å². The Balaban J connectivity index is 2.76. The van der Waals surface area contributed by atoms with Crippen molar-refractivity contribution in [3.05, 3.63) is 35.1 Å². The number of aliphatic carboxylic acids is 1. The number of carbonyl (C=O) groups is 1. The fourth-order valence-corrected chi connectivity index (χ4v) is 1.80. The van der Waals surface area contributed by atoms with Crippen molar-refractivity contribution in [1.82, 2.24) is 4.90 Å². The second-order valence-corrected chi connectivity index (χ2v) is 4.80. The van der Waals surface area contributed by atoms with Gasteiger partial charge in [0, 0.05) is 24.7 Å². The summed E-state index contributed by atoms with van der Waals surface area (Å²) >= 11 is 0. The van der Waals surface area contributed by atoms with Crippen LogP contribution in [0.2, 0.25) is 0 Å². The van der Waals surface area contributed by atoms with Crippen LogP contribution in [0.4, 0.5) is 4.39 Å². The molecule has 3 nitrogen and oxygen atoms in total. The molecule has 18 heavy (non-hydrogen) atoms. The van der Waals surface area contributed by atoms with Gasteiger partial charge in [-0.15, -0.1) is 0 Å². The van der Waals surface area contributed by atoms with E-state index >= 15 is 0 Å². The fraction of sp³-hybridized carbons (Fsp3) is 0.500. The van der Waals surface area contributed by atoms with Gasteiger partial charge in [0.1, 0.15) is 5.82 Å². The minimum absolute atomic E-state index is 0.0750. The third-order valence-electron chi connectivity index (χ3n) is 2.92. The largest absolute Gasteiger partial charge is 0.481 e. The molecule has 1 rings (SSSR count). The third-order valence-corrected chi connectivity index (χ3v) is 2.92. The molecule has 0 amide bonds. The molecule has 0 bridgehead atoms. The summed E-state index contributed by atoms with van der Waals surface area (Å²) in [5.74, 6) is -1.06. The van der Waals surface area contributed by atoms with Crippen LogP contribution < -0.4 is 0 Å². The van der Waals surface area contributed by atoms with Crippen LogP contribution in [0.25, 0.3) is 0 Å². The van der Waals surface area contributed by atoms with E-state index in [0.717, 1.165) is 5.56 Å². The van der Waals surface area contributed by atoms with Gasteiger partial charge in [-0.05, 0) is 26.8 Å². The molecule has 0 saturated heterocycles. The van der Waals surface area contributed by atoms with Gasteiger partial charge in [-0.3, -0.25) is 9.69 Å². The van der Waals surface area contributed by atoms with Crippen LogP contribution in [0.15, 0.2) is 18.2 Å². The van der Waals surface area contributed by atoms with Crippen LogP contribution in [0.3, 0.4) is 0 Å². The van der Waals surface area contributed by atoms with Gasteiger partial charge < -0.3 is 5.11 Å². The van der Waals surface area contributed by atoms with Crippen molar-refractivity contribution in [2.75, 3.05) is 6.54 Å². The first-order valence-electron chi connectivity index (χ1n) is 6.11. The fourth-order valence-electron chi connectivity index (χ4n) is 1.80. The van der Waals surface area contributed by atoms with E-state index in [1.807, 2.05) is 31.7 Å². The molecule has 0 atom stereocenters. The summed E-state index contributed by atoms with van der Waals surface area (Å²) in [6.45, 7) is 6.75. The lowest BCUT2D eigenvalue weighted by Gasteiger charge is -2.26. The molecule has 0 saturated carbocycles. The van der Waals surface area contributed by atoms with Gasteiger partial charge in [-0.25, -0.2) is 4.39 Å². The Morgan fingerprint density at radius 2 is 2.11 bits per heavy atom. The van der Waals surface area contributed by atoms with E-state index in [9.17, 15) is 9.18 Å². The highest BCUT2D eigenvalue weighted by Crippen LogP contribution is 2.14. The maximum atomic E-state index is 13.6. The van der Waals surface area contributed by atoms with Crippen LogP contribution in [0, 0.1) is 12.7 Å². The minimum atomic E-state index is -0.828. The summed E-state index contributed by atoms with van der Waals surface area (Å²) in [4.78, 5) is 12.6. The van der Waals surface area contributed by atoms with Crippen LogP contribution in [-0.4, -0.2) is 28.6 Å². The smallest absolute Gasteiger partial charge is 0.304 e. The number of nitrogens with zero attached hydrogens (tertiary/aromatic N) is 1. The Labute approximate surface area is 107 Å². The van der Waals surface area contributed by atoms with Crippen LogP contribution in [0.5, 0.6) is 0 Å². The molecule has 0 aliphatic rings. The maximum absolute atomic E-state index is 13.6. The zero-order valence-electron chi connectivity index (χ0n) is 11.1. The number of hydrogen-bond donors (Lipinski definition) is 1. The highest BCUT2D eigenvalue weighted by molar-refractivity contribution is 5.66. The van der Waals surface area contributed by atoms with Gasteiger partial charge >= 0.3 is 5.97 Å². The van der Waals surface area contributed by atoms with E-state index in [2.05, 4.69) is 0 Å². The van der Waals surface area contributed by atoms with Crippen molar-refractivity contribution in [3.63, 3.8) is 0 Å². The van der Waals surface area contributed by atoms with Crippen LogP contribution in [0.1, 0.15) is 31.4 Å². The van der Waals surface area contributed by atoms with Crippen LogP contribution in [-0.2, 0) is 11.3 Å². The average Bonchev–Trinajstić information content (AvgIpc) is 2.28. The van der Waals surface area contributed by atoms with Crippen molar-refractivity contribution < 1.29 is 14.3 Å². The third kappa shape index (κ3) is 4.45. The quantitative estimate of drug-likeness (QED) is 0.847. The topological polar surface area (TPSA) is 40.5 Å². The molecule has 100 valence electrons. The predicted molar refractivity (Wildman–Crippen MR) is 68.9 cm³/mol. The SMILES string of the molecule is Cc1ccc(F)c(CN(CCC(=O)O)C(C)C)c1. The Morgan fingerprint density at radius 1 is 1.44 bits per heavy atom. The van der Waals surface area contributed by atoms with E-state index in [1.165, 1.54) is 6.07 Å². The Hall–Kier alpha value is -1.42. The Bertz CT molecular complexity index is 418. The number of hydrogen-bond acceptors (Lipinski definition) is 2. The van der Waals surface area contributed by atoms with Gasteiger partial charge in [0.2, 0.25) is 0 Å². The molecule has 1 aromatic rings. The molecule has 0 heterocycles. The van der Waals surface area contributed by atoms with Crippen molar-refractivity contribution in [1.29, 1.82) is 0 Å². The van der Waals surface area contributed by atoms with E-state index in [1.54, 1.807) is 6.07 Å². The first-order chi connectivity index (χ1) is 8.40. The zero-order valence-corrected chi connectivity index (χ0v) is 11.1. The number of benzene rings is 1. The van der Waals surface area contributed by atoms with E-state index < -0.39 is 5.97 Å². The maximum Gasteiger partial charge on any atom is 0.304 e. The van der Waals surface area contributed by atoms with E-state index in [0.29, 0.717) is 18.7 Å². The molecular weight excluding hydrogens is 233 g/mol.